The Labute approximate surface area is 157 Å². The molecule has 9 heteroatoms. The van der Waals surface area contributed by atoms with E-state index in [1.165, 1.54) is 17.4 Å². The molecule has 0 saturated carbocycles. The number of carboxylic acids is 1. The van der Waals surface area contributed by atoms with Crippen molar-refractivity contribution in [3.63, 3.8) is 0 Å². The predicted molar refractivity (Wildman–Crippen MR) is 103 cm³/mol. The first-order valence-corrected chi connectivity index (χ1v) is 9.58. The average molecular weight is 388 g/mol. The van der Waals surface area contributed by atoms with E-state index in [4.69, 9.17) is 0 Å². The van der Waals surface area contributed by atoms with Gasteiger partial charge in [-0.2, -0.15) is 0 Å². The molecule has 1 saturated heterocycles. The van der Waals surface area contributed by atoms with Gasteiger partial charge in [0, 0.05) is 38.6 Å². The summed E-state index contributed by atoms with van der Waals surface area (Å²) >= 11 is 1.24. The minimum absolute atomic E-state index is 0.113. The van der Waals surface area contributed by atoms with E-state index in [0.29, 0.717) is 41.4 Å². The maximum atomic E-state index is 15.2. The third-order valence-corrected chi connectivity index (χ3v) is 6.33. The summed E-state index contributed by atoms with van der Waals surface area (Å²) in [5.74, 6) is -1.77. The van der Waals surface area contributed by atoms with Crippen molar-refractivity contribution in [1.29, 1.82) is 0 Å². The number of aromatic nitrogens is 1. The molecule has 2 N–H and O–H groups in total. The molecule has 2 aliphatic heterocycles. The van der Waals surface area contributed by atoms with Gasteiger partial charge in [-0.25, -0.2) is 9.18 Å². The highest BCUT2D eigenvalue weighted by Crippen LogP contribution is 2.43. The highest BCUT2D eigenvalue weighted by atomic mass is 32.1. The number of benzene rings is 1. The Bertz CT molecular complexity index is 1180. The number of thiazole rings is 1. The lowest BCUT2D eigenvalue weighted by molar-refractivity contribution is 0.0697. The topological polar surface area (TPSA) is 77.3 Å². The fourth-order valence-corrected chi connectivity index (χ4v) is 5.23. The van der Waals surface area contributed by atoms with Gasteiger partial charge in [-0.1, -0.05) is 0 Å². The summed E-state index contributed by atoms with van der Waals surface area (Å²) in [4.78, 5) is 29.0. The number of hydrogen-bond acceptors (Lipinski definition) is 6. The van der Waals surface area contributed by atoms with E-state index in [0.717, 1.165) is 18.8 Å². The Morgan fingerprint density at radius 2 is 2.04 bits per heavy atom. The lowest BCUT2D eigenvalue weighted by Gasteiger charge is -2.36. The molecule has 3 aromatic rings. The Morgan fingerprint density at radius 3 is 2.74 bits per heavy atom. The minimum Gasteiger partial charge on any atom is -0.477 e. The number of aromatic carboxylic acids is 1. The molecule has 0 radical (unpaired) electrons. The third kappa shape index (κ3) is 2.15. The molecule has 27 heavy (non-hydrogen) atoms. The van der Waals surface area contributed by atoms with E-state index in [2.05, 4.69) is 5.32 Å². The second-order valence-corrected chi connectivity index (χ2v) is 7.78. The zero-order valence-corrected chi connectivity index (χ0v) is 15.4. The first kappa shape index (κ1) is 16.5. The molecule has 140 valence electrons. The number of carboxylic acid groups (broad SMARTS) is 1. The molecule has 7 nitrogen and oxygen atoms in total. The van der Waals surface area contributed by atoms with Crippen LogP contribution in [0.25, 0.3) is 15.7 Å². The summed E-state index contributed by atoms with van der Waals surface area (Å²) in [6.45, 7) is 3.39. The largest absolute Gasteiger partial charge is 0.477 e. The molecule has 1 fully saturated rings. The van der Waals surface area contributed by atoms with E-state index < -0.39 is 17.2 Å². The molecule has 2 aromatic heterocycles. The molecule has 0 atom stereocenters. The fraction of sp³-hybridized carbons (Fsp3) is 0.333. The van der Waals surface area contributed by atoms with Crippen molar-refractivity contribution in [3.8, 4) is 0 Å². The zero-order chi connectivity index (χ0) is 18.9. The molecule has 1 aromatic carbocycles. The molecule has 0 amide bonds. The Balaban J connectivity index is 1.97. The number of nitrogens with one attached hydrogen (secondary N) is 1. The number of rotatable bonds is 2. The monoisotopic (exact) mass is 388 g/mol. The lowest BCUT2D eigenvalue weighted by atomic mass is 10.0. The predicted octanol–water partition coefficient (Wildman–Crippen LogP) is 1.71. The van der Waals surface area contributed by atoms with Crippen LogP contribution in [-0.2, 0) is 6.54 Å². The number of anilines is 2. The van der Waals surface area contributed by atoms with Gasteiger partial charge in [-0.05, 0) is 6.07 Å². The number of halogens is 1. The molecule has 0 unspecified atom stereocenters. The van der Waals surface area contributed by atoms with Crippen LogP contribution in [0.5, 0.6) is 0 Å². The van der Waals surface area contributed by atoms with E-state index in [-0.39, 0.29) is 10.9 Å². The summed E-state index contributed by atoms with van der Waals surface area (Å²) < 4.78 is 17.0. The first-order valence-electron chi connectivity index (χ1n) is 8.70. The summed E-state index contributed by atoms with van der Waals surface area (Å²) in [5, 5.41) is 14.8. The van der Waals surface area contributed by atoms with E-state index >= 15 is 4.39 Å². The number of nitrogens with zero attached hydrogens (tertiary/aromatic N) is 3. The Morgan fingerprint density at radius 1 is 1.30 bits per heavy atom. The van der Waals surface area contributed by atoms with Crippen molar-refractivity contribution < 1.29 is 14.3 Å². The maximum Gasteiger partial charge on any atom is 0.342 e. The maximum absolute atomic E-state index is 15.2. The number of carbonyl (C=O) groups is 1. The van der Waals surface area contributed by atoms with Crippen molar-refractivity contribution >= 4 is 44.4 Å². The standard InChI is InChI=1S/C18H17FN4O3S/c1-21-7-9-8-27-17-12(18(25)26)16(24)10-6-11(19)14(15(21)13(10)23(9)17)22-4-2-20-3-5-22/h6,8,20H,2-5,7H2,1H3,(H,25,26). The van der Waals surface area contributed by atoms with Crippen molar-refractivity contribution in [1.82, 2.24) is 9.72 Å². The highest BCUT2D eigenvalue weighted by molar-refractivity contribution is 7.16. The molecule has 0 spiro atoms. The van der Waals surface area contributed by atoms with Crippen LogP contribution in [0.2, 0.25) is 0 Å². The van der Waals surface area contributed by atoms with Crippen molar-refractivity contribution in [2.75, 3.05) is 43.0 Å². The quantitative estimate of drug-likeness (QED) is 0.696. The van der Waals surface area contributed by atoms with Gasteiger partial charge in [-0.3, -0.25) is 9.20 Å². The number of hydrogen-bond donors (Lipinski definition) is 2. The lowest BCUT2D eigenvalue weighted by Crippen LogP contribution is -2.44. The van der Waals surface area contributed by atoms with E-state index in [9.17, 15) is 14.7 Å². The summed E-state index contributed by atoms with van der Waals surface area (Å²) in [7, 11) is 1.88. The van der Waals surface area contributed by atoms with Crippen molar-refractivity contribution in [2.24, 2.45) is 0 Å². The van der Waals surface area contributed by atoms with Gasteiger partial charge < -0.3 is 20.2 Å². The second kappa shape index (κ2) is 5.67. The van der Waals surface area contributed by atoms with Crippen LogP contribution in [-0.4, -0.2) is 48.7 Å². The fourth-order valence-electron chi connectivity index (χ4n) is 4.19. The van der Waals surface area contributed by atoms with E-state index in [1.54, 1.807) is 0 Å². The Hall–Kier alpha value is -2.65. The molecule has 0 bridgehead atoms. The van der Waals surface area contributed by atoms with Gasteiger partial charge in [0.2, 0.25) is 5.43 Å². The first-order chi connectivity index (χ1) is 13.0. The third-order valence-electron chi connectivity index (χ3n) is 5.34. The van der Waals surface area contributed by atoms with Gasteiger partial charge in [0.1, 0.15) is 16.2 Å². The van der Waals surface area contributed by atoms with Crippen molar-refractivity contribution in [2.45, 2.75) is 6.54 Å². The van der Waals surface area contributed by atoms with Gasteiger partial charge in [0.05, 0.1) is 34.5 Å². The van der Waals surface area contributed by atoms with Crippen LogP contribution in [0.3, 0.4) is 0 Å². The summed E-state index contributed by atoms with van der Waals surface area (Å²) in [6.07, 6.45) is 0. The van der Waals surface area contributed by atoms with Crippen LogP contribution in [0, 0.1) is 5.82 Å². The number of piperazine rings is 1. The van der Waals surface area contributed by atoms with Crippen molar-refractivity contribution in [3.05, 3.63) is 38.7 Å². The number of pyridine rings is 1. The normalized spacial score (nSPS) is 16.7. The molecule has 0 aliphatic carbocycles. The van der Waals surface area contributed by atoms with Crippen LogP contribution < -0.4 is 20.5 Å². The Kier molecular flexibility index (Phi) is 3.47. The van der Waals surface area contributed by atoms with Gasteiger partial charge >= 0.3 is 5.97 Å². The summed E-state index contributed by atoms with van der Waals surface area (Å²) in [6, 6.07) is 1.21. The highest BCUT2D eigenvalue weighted by Gasteiger charge is 2.32. The second-order valence-electron chi connectivity index (χ2n) is 6.92. The van der Waals surface area contributed by atoms with Crippen LogP contribution in [0.15, 0.2) is 16.2 Å². The molecular formula is C18H17FN4O3S. The zero-order valence-electron chi connectivity index (χ0n) is 14.6. The van der Waals surface area contributed by atoms with Crippen LogP contribution in [0.1, 0.15) is 16.1 Å². The smallest absolute Gasteiger partial charge is 0.342 e. The van der Waals surface area contributed by atoms with Crippen LogP contribution in [0.4, 0.5) is 15.8 Å². The summed E-state index contributed by atoms with van der Waals surface area (Å²) in [5.41, 5.74) is 1.72. The molecular weight excluding hydrogens is 371 g/mol. The van der Waals surface area contributed by atoms with E-state index in [1.807, 2.05) is 26.6 Å². The molecule has 5 rings (SSSR count). The minimum atomic E-state index is -1.28. The average Bonchev–Trinajstić information content (AvgIpc) is 3.05. The van der Waals surface area contributed by atoms with Gasteiger partial charge in [0.15, 0.2) is 0 Å². The van der Waals surface area contributed by atoms with Gasteiger partial charge in [0.25, 0.3) is 0 Å². The molecule has 2 aliphatic rings. The SMILES string of the molecule is CN1Cc2csc3c(C(=O)O)c(=O)c4cc(F)c(N5CCNCC5)c1c4n23. The molecule has 4 heterocycles. The van der Waals surface area contributed by atoms with Crippen LogP contribution >= 0.6 is 11.3 Å². The van der Waals surface area contributed by atoms with Gasteiger partial charge in [-0.15, -0.1) is 11.3 Å².